The molecule has 172 valence electrons. The first kappa shape index (κ1) is 24.0. The van der Waals surface area contributed by atoms with Gasteiger partial charge in [-0.05, 0) is 68.2 Å². The SMILES string of the molecule is CCNC(C)C(C)c1ccc2ccoc2c1.CCNC(C)C(F)c1ccc2ccoc2c1. The summed E-state index contributed by atoms with van der Waals surface area (Å²) in [6.07, 6.45) is 2.36. The Morgan fingerprint density at radius 3 is 1.78 bits per heavy atom. The highest BCUT2D eigenvalue weighted by Gasteiger charge is 2.18. The van der Waals surface area contributed by atoms with Crippen LogP contribution in [0.3, 0.4) is 0 Å². The molecule has 2 aromatic carbocycles. The number of hydrogen-bond acceptors (Lipinski definition) is 4. The van der Waals surface area contributed by atoms with Gasteiger partial charge in [0.1, 0.15) is 17.3 Å². The molecule has 0 aliphatic rings. The van der Waals surface area contributed by atoms with Crippen LogP contribution in [0.4, 0.5) is 4.39 Å². The lowest BCUT2D eigenvalue weighted by atomic mass is 9.94. The number of benzene rings is 2. The zero-order valence-corrected chi connectivity index (χ0v) is 19.7. The molecule has 5 heteroatoms. The maximum Gasteiger partial charge on any atom is 0.140 e. The van der Waals surface area contributed by atoms with Crippen LogP contribution >= 0.6 is 0 Å². The van der Waals surface area contributed by atoms with E-state index in [4.69, 9.17) is 8.83 Å². The van der Waals surface area contributed by atoms with Crippen LogP contribution in [0.2, 0.25) is 0 Å². The Labute approximate surface area is 190 Å². The number of alkyl halides is 1. The average Bonchev–Trinajstić information content (AvgIpc) is 3.47. The zero-order valence-electron chi connectivity index (χ0n) is 19.7. The van der Waals surface area contributed by atoms with Crippen LogP contribution < -0.4 is 10.6 Å². The Morgan fingerprint density at radius 1 is 0.719 bits per heavy atom. The molecular formula is C27H35FN2O2. The van der Waals surface area contributed by atoms with Crippen molar-refractivity contribution < 1.29 is 13.2 Å². The van der Waals surface area contributed by atoms with E-state index in [2.05, 4.69) is 49.6 Å². The first-order chi connectivity index (χ1) is 15.4. The molecule has 4 unspecified atom stereocenters. The molecule has 0 radical (unpaired) electrons. The third-order valence-corrected chi connectivity index (χ3v) is 6.05. The summed E-state index contributed by atoms with van der Waals surface area (Å²) < 4.78 is 24.7. The minimum absolute atomic E-state index is 0.183. The molecule has 0 aliphatic heterocycles. The second-order valence-electron chi connectivity index (χ2n) is 8.32. The summed E-state index contributed by atoms with van der Waals surface area (Å²) in [5.74, 6) is 0.495. The van der Waals surface area contributed by atoms with Crippen LogP contribution in [0, 0.1) is 0 Å². The van der Waals surface area contributed by atoms with Gasteiger partial charge in [-0.15, -0.1) is 0 Å². The molecule has 0 bridgehead atoms. The second kappa shape index (κ2) is 11.3. The normalized spacial score (nSPS) is 15.2. The standard InChI is InChI=1S/C14H19NO.C13H16FNO/c1-4-15-11(3)10(2)13-6-5-12-7-8-16-14(12)9-13;1-3-15-9(2)13(14)11-5-4-10-6-7-16-12(10)8-11/h5-11,15H,4H2,1-3H3;4-9,13,15H,3H2,1-2H3. The fourth-order valence-corrected chi connectivity index (χ4v) is 3.90. The highest BCUT2D eigenvalue weighted by atomic mass is 19.1. The lowest BCUT2D eigenvalue weighted by Gasteiger charge is -2.20. The van der Waals surface area contributed by atoms with Crippen molar-refractivity contribution in [2.24, 2.45) is 0 Å². The molecule has 4 aromatic rings. The number of halogens is 1. The quantitative estimate of drug-likeness (QED) is 0.312. The third-order valence-electron chi connectivity index (χ3n) is 6.05. The van der Waals surface area contributed by atoms with Crippen molar-refractivity contribution in [2.45, 2.75) is 58.8 Å². The van der Waals surface area contributed by atoms with Gasteiger partial charge < -0.3 is 19.5 Å². The van der Waals surface area contributed by atoms with Crippen LogP contribution in [0.25, 0.3) is 21.9 Å². The van der Waals surface area contributed by atoms with Crippen LogP contribution in [0.15, 0.2) is 69.9 Å². The van der Waals surface area contributed by atoms with Gasteiger partial charge in [0.05, 0.1) is 12.5 Å². The molecule has 0 aliphatic carbocycles. The van der Waals surface area contributed by atoms with Crippen LogP contribution in [-0.4, -0.2) is 25.2 Å². The summed E-state index contributed by atoms with van der Waals surface area (Å²) in [7, 11) is 0. The van der Waals surface area contributed by atoms with Crippen LogP contribution in [-0.2, 0) is 0 Å². The smallest absolute Gasteiger partial charge is 0.140 e. The Balaban J connectivity index is 0.000000181. The van der Waals surface area contributed by atoms with Gasteiger partial charge >= 0.3 is 0 Å². The van der Waals surface area contributed by atoms with E-state index in [9.17, 15) is 4.39 Å². The van der Waals surface area contributed by atoms with E-state index in [0.717, 1.165) is 29.6 Å². The highest BCUT2D eigenvalue weighted by Crippen LogP contribution is 2.26. The van der Waals surface area contributed by atoms with E-state index in [1.807, 2.05) is 38.1 Å². The summed E-state index contributed by atoms with van der Waals surface area (Å²) >= 11 is 0. The number of nitrogens with one attached hydrogen (secondary N) is 2. The molecule has 4 atom stereocenters. The highest BCUT2D eigenvalue weighted by molar-refractivity contribution is 5.78. The third kappa shape index (κ3) is 5.78. The molecule has 0 saturated heterocycles. The van der Waals surface area contributed by atoms with Gasteiger partial charge in [0.15, 0.2) is 0 Å². The van der Waals surface area contributed by atoms with Crippen molar-refractivity contribution in [3.63, 3.8) is 0 Å². The Kier molecular flexibility index (Phi) is 8.48. The predicted octanol–water partition coefficient (Wildman–Crippen LogP) is 6.98. The van der Waals surface area contributed by atoms with Gasteiger partial charge in [-0.25, -0.2) is 4.39 Å². The molecule has 2 N–H and O–H groups in total. The molecule has 32 heavy (non-hydrogen) atoms. The van der Waals surface area contributed by atoms with Gasteiger partial charge in [0.2, 0.25) is 0 Å². The minimum atomic E-state index is -1.01. The first-order valence-electron chi connectivity index (χ1n) is 11.5. The summed E-state index contributed by atoms with van der Waals surface area (Å²) in [6.45, 7) is 12.2. The van der Waals surface area contributed by atoms with Crippen molar-refractivity contribution in [3.05, 3.63) is 72.2 Å². The van der Waals surface area contributed by atoms with Gasteiger partial charge in [-0.3, -0.25) is 0 Å². The Morgan fingerprint density at radius 2 is 1.22 bits per heavy atom. The first-order valence-corrected chi connectivity index (χ1v) is 11.5. The number of rotatable bonds is 8. The lowest BCUT2D eigenvalue weighted by molar-refractivity contribution is 0.268. The maximum absolute atomic E-state index is 14.0. The molecule has 4 nitrogen and oxygen atoms in total. The van der Waals surface area contributed by atoms with E-state index >= 15 is 0 Å². The van der Waals surface area contributed by atoms with Crippen LogP contribution in [0.1, 0.15) is 57.8 Å². The van der Waals surface area contributed by atoms with Crippen molar-refractivity contribution >= 4 is 21.9 Å². The van der Waals surface area contributed by atoms with E-state index in [1.54, 1.807) is 18.6 Å². The Hall–Kier alpha value is -2.63. The predicted molar refractivity (Wildman–Crippen MR) is 131 cm³/mol. The molecule has 0 spiro atoms. The minimum Gasteiger partial charge on any atom is -0.464 e. The van der Waals surface area contributed by atoms with Crippen molar-refractivity contribution in [1.82, 2.24) is 10.6 Å². The molecular weight excluding hydrogens is 403 g/mol. The fourth-order valence-electron chi connectivity index (χ4n) is 3.90. The molecule has 2 heterocycles. The van der Waals surface area contributed by atoms with E-state index in [1.165, 1.54) is 10.9 Å². The van der Waals surface area contributed by atoms with Crippen molar-refractivity contribution in [3.8, 4) is 0 Å². The van der Waals surface area contributed by atoms with E-state index in [0.29, 0.717) is 17.5 Å². The molecule has 4 rings (SSSR count). The average molecular weight is 439 g/mol. The number of fused-ring (bicyclic) bond motifs is 2. The summed E-state index contributed by atoms with van der Waals surface area (Å²) in [4.78, 5) is 0. The summed E-state index contributed by atoms with van der Waals surface area (Å²) in [5, 5.41) is 8.71. The Bertz CT molecular complexity index is 1020. The second-order valence-corrected chi connectivity index (χ2v) is 8.32. The zero-order chi connectivity index (χ0) is 23.1. The number of hydrogen-bond donors (Lipinski definition) is 2. The molecule has 0 amide bonds. The molecule has 0 fully saturated rings. The van der Waals surface area contributed by atoms with Crippen LogP contribution in [0.5, 0.6) is 0 Å². The van der Waals surface area contributed by atoms with Crippen molar-refractivity contribution in [2.75, 3.05) is 13.1 Å². The van der Waals surface area contributed by atoms with Gasteiger partial charge in [0.25, 0.3) is 0 Å². The van der Waals surface area contributed by atoms with E-state index in [-0.39, 0.29) is 6.04 Å². The monoisotopic (exact) mass is 438 g/mol. The summed E-state index contributed by atoms with van der Waals surface area (Å²) in [5.41, 5.74) is 3.71. The van der Waals surface area contributed by atoms with E-state index < -0.39 is 6.17 Å². The maximum atomic E-state index is 14.0. The largest absolute Gasteiger partial charge is 0.464 e. The van der Waals surface area contributed by atoms with Gasteiger partial charge in [-0.2, -0.15) is 0 Å². The summed E-state index contributed by atoms with van der Waals surface area (Å²) in [6, 6.07) is 16.1. The lowest BCUT2D eigenvalue weighted by Crippen LogP contribution is -2.30. The fraction of sp³-hybridized carbons (Fsp3) is 0.407. The van der Waals surface area contributed by atoms with Gasteiger partial charge in [0, 0.05) is 22.9 Å². The van der Waals surface area contributed by atoms with Crippen molar-refractivity contribution in [1.29, 1.82) is 0 Å². The van der Waals surface area contributed by atoms with Gasteiger partial charge in [-0.1, -0.05) is 45.0 Å². The topological polar surface area (TPSA) is 50.3 Å². The molecule has 2 aromatic heterocycles. The number of furan rings is 2. The number of likely N-dealkylation sites (N-methyl/N-ethyl adjacent to an activating group) is 2. The molecule has 0 saturated carbocycles.